The molecular formula is C18H21NO3. The van der Waals surface area contributed by atoms with Crippen molar-refractivity contribution < 1.29 is 14.3 Å². The quantitative estimate of drug-likeness (QED) is 0.797. The lowest BCUT2D eigenvalue weighted by Gasteiger charge is -2.10. The number of ether oxygens (including phenoxy) is 2. The third kappa shape index (κ3) is 4.90. The van der Waals surface area contributed by atoms with Gasteiger partial charge in [-0.2, -0.15) is 0 Å². The largest absolute Gasteiger partial charge is 0.493 e. The van der Waals surface area contributed by atoms with Crippen molar-refractivity contribution in [1.82, 2.24) is 0 Å². The molecule has 1 atom stereocenters. The SMILES string of the molecule is COC(=O)[C@H](N)Cc1ccc(OCCc2ccccc2)cc1. The Hall–Kier alpha value is -2.33. The van der Waals surface area contributed by atoms with Crippen LogP contribution in [0.3, 0.4) is 0 Å². The highest BCUT2D eigenvalue weighted by Crippen LogP contribution is 2.14. The number of methoxy groups -OCH3 is 1. The fourth-order valence-electron chi connectivity index (χ4n) is 2.14. The molecule has 0 bridgehead atoms. The minimum Gasteiger partial charge on any atom is -0.493 e. The third-order valence-electron chi connectivity index (χ3n) is 3.39. The summed E-state index contributed by atoms with van der Waals surface area (Å²) in [6.07, 6.45) is 1.33. The molecule has 0 aliphatic rings. The van der Waals surface area contributed by atoms with Gasteiger partial charge in [0.2, 0.25) is 0 Å². The van der Waals surface area contributed by atoms with Gasteiger partial charge in [0.25, 0.3) is 0 Å². The van der Waals surface area contributed by atoms with Crippen LogP contribution in [0.15, 0.2) is 54.6 Å². The van der Waals surface area contributed by atoms with E-state index in [0.29, 0.717) is 13.0 Å². The first-order chi connectivity index (χ1) is 10.7. The molecular weight excluding hydrogens is 278 g/mol. The molecule has 0 saturated heterocycles. The number of hydrogen-bond acceptors (Lipinski definition) is 4. The van der Waals surface area contributed by atoms with E-state index in [4.69, 9.17) is 10.5 Å². The maximum absolute atomic E-state index is 11.3. The number of hydrogen-bond donors (Lipinski definition) is 1. The van der Waals surface area contributed by atoms with E-state index in [1.807, 2.05) is 42.5 Å². The first-order valence-electron chi connectivity index (χ1n) is 7.28. The van der Waals surface area contributed by atoms with Crippen molar-refractivity contribution >= 4 is 5.97 Å². The second-order valence-electron chi connectivity index (χ2n) is 5.06. The maximum Gasteiger partial charge on any atom is 0.322 e. The number of carbonyl (C=O) groups excluding carboxylic acids is 1. The summed E-state index contributed by atoms with van der Waals surface area (Å²) >= 11 is 0. The van der Waals surface area contributed by atoms with Gasteiger partial charge < -0.3 is 15.2 Å². The van der Waals surface area contributed by atoms with Crippen molar-refractivity contribution in [3.8, 4) is 5.75 Å². The summed E-state index contributed by atoms with van der Waals surface area (Å²) in [7, 11) is 1.34. The van der Waals surface area contributed by atoms with Crippen molar-refractivity contribution in [1.29, 1.82) is 0 Å². The second kappa shape index (κ2) is 8.20. The highest BCUT2D eigenvalue weighted by Gasteiger charge is 2.13. The summed E-state index contributed by atoms with van der Waals surface area (Å²) in [4.78, 5) is 11.3. The van der Waals surface area contributed by atoms with Gasteiger partial charge >= 0.3 is 5.97 Å². The summed E-state index contributed by atoms with van der Waals surface area (Å²) in [5, 5.41) is 0. The second-order valence-corrected chi connectivity index (χ2v) is 5.06. The Kier molecular flexibility index (Phi) is 5.98. The van der Waals surface area contributed by atoms with Crippen molar-refractivity contribution in [2.24, 2.45) is 5.73 Å². The van der Waals surface area contributed by atoms with E-state index < -0.39 is 12.0 Å². The Bertz CT molecular complexity index is 581. The minimum atomic E-state index is -0.630. The summed E-state index contributed by atoms with van der Waals surface area (Å²) < 4.78 is 10.3. The Morgan fingerprint density at radius 3 is 2.36 bits per heavy atom. The van der Waals surface area contributed by atoms with Gasteiger partial charge in [0, 0.05) is 6.42 Å². The monoisotopic (exact) mass is 299 g/mol. The van der Waals surface area contributed by atoms with E-state index in [0.717, 1.165) is 17.7 Å². The van der Waals surface area contributed by atoms with E-state index in [9.17, 15) is 4.79 Å². The number of esters is 1. The molecule has 0 radical (unpaired) electrons. The van der Waals surface area contributed by atoms with Crippen molar-refractivity contribution in [2.75, 3.05) is 13.7 Å². The Balaban J connectivity index is 1.80. The number of rotatable bonds is 7. The first-order valence-corrected chi connectivity index (χ1v) is 7.28. The Labute approximate surface area is 130 Å². The average molecular weight is 299 g/mol. The van der Waals surface area contributed by atoms with Crippen molar-refractivity contribution in [3.05, 3.63) is 65.7 Å². The fourth-order valence-corrected chi connectivity index (χ4v) is 2.14. The number of nitrogens with two attached hydrogens (primary N) is 1. The van der Waals surface area contributed by atoms with E-state index in [1.54, 1.807) is 0 Å². The summed E-state index contributed by atoms with van der Waals surface area (Å²) in [5.41, 5.74) is 7.97. The van der Waals surface area contributed by atoms with Gasteiger partial charge in [-0.1, -0.05) is 42.5 Å². The zero-order chi connectivity index (χ0) is 15.8. The molecule has 2 N–H and O–H groups in total. The predicted octanol–water partition coefficient (Wildman–Crippen LogP) is 2.35. The highest BCUT2D eigenvalue weighted by molar-refractivity contribution is 5.75. The van der Waals surface area contributed by atoms with Gasteiger partial charge in [-0.3, -0.25) is 4.79 Å². The molecule has 0 spiro atoms. The average Bonchev–Trinajstić information content (AvgIpc) is 2.56. The Morgan fingerprint density at radius 2 is 1.73 bits per heavy atom. The Morgan fingerprint density at radius 1 is 1.05 bits per heavy atom. The van der Waals surface area contributed by atoms with Crippen LogP contribution in [0.25, 0.3) is 0 Å². The summed E-state index contributed by atoms with van der Waals surface area (Å²) in [6.45, 7) is 0.630. The molecule has 0 unspecified atom stereocenters. The topological polar surface area (TPSA) is 61.5 Å². The molecule has 2 rings (SSSR count). The number of carbonyl (C=O) groups is 1. The van der Waals surface area contributed by atoms with Crippen molar-refractivity contribution in [3.63, 3.8) is 0 Å². The zero-order valence-electron chi connectivity index (χ0n) is 12.7. The first kappa shape index (κ1) is 16.0. The molecule has 0 saturated carbocycles. The van der Waals surface area contributed by atoms with Gasteiger partial charge in [-0.25, -0.2) is 0 Å². The van der Waals surface area contributed by atoms with Crippen LogP contribution in [-0.4, -0.2) is 25.7 Å². The van der Waals surface area contributed by atoms with Crippen LogP contribution in [0.1, 0.15) is 11.1 Å². The molecule has 116 valence electrons. The van der Waals surface area contributed by atoms with Crippen LogP contribution in [0.2, 0.25) is 0 Å². The van der Waals surface area contributed by atoms with E-state index >= 15 is 0 Å². The fraction of sp³-hybridized carbons (Fsp3) is 0.278. The lowest BCUT2D eigenvalue weighted by molar-refractivity contribution is -0.142. The summed E-state index contributed by atoms with van der Waals surface area (Å²) in [5.74, 6) is 0.412. The van der Waals surface area contributed by atoms with Gasteiger partial charge in [0.05, 0.1) is 13.7 Å². The van der Waals surface area contributed by atoms with Crippen LogP contribution in [0.4, 0.5) is 0 Å². The smallest absolute Gasteiger partial charge is 0.322 e. The molecule has 0 heterocycles. The normalized spacial score (nSPS) is 11.7. The molecule has 4 heteroatoms. The van der Waals surface area contributed by atoms with Crippen LogP contribution >= 0.6 is 0 Å². The minimum absolute atomic E-state index is 0.400. The van der Waals surface area contributed by atoms with E-state index in [1.165, 1.54) is 12.7 Å². The van der Waals surface area contributed by atoms with Gasteiger partial charge in [-0.05, 0) is 29.7 Å². The molecule has 0 aromatic heterocycles. The maximum atomic E-state index is 11.3. The van der Waals surface area contributed by atoms with Crippen LogP contribution in [0, 0.1) is 0 Å². The third-order valence-corrected chi connectivity index (χ3v) is 3.39. The highest BCUT2D eigenvalue weighted by atomic mass is 16.5. The lowest BCUT2D eigenvalue weighted by Crippen LogP contribution is -2.33. The number of benzene rings is 2. The molecule has 22 heavy (non-hydrogen) atoms. The predicted molar refractivity (Wildman–Crippen MR) is 85.8 cm³/mol. The van der Waals surface area contributed by atoms with Crippen molar-refractivity contribution in [2.45, 2.75) is 18.9 Å². The zero-order valence-corrected chi connectivity index (χ0v) is 12.7. The van der Waals surface area contributed by atoms with Crippen LogP contribution in [-0.2, 0) is 22.4 Å². The molecule has 0 aliphatic carbocycles. The molecule has 0 amide bonds. The summed E-state index contributed by atoms with van der Waals surface area (Å²) in [6, 6.07) is 17.2. The van der Waals surface area contributed by atoms with E-state index in [2.05, 4.69) is 16.9 Å². The standard InChI is InChI=1S/C18H21NO3/c1-21-18(20)17(19)13-15-7-9-16(10-8-15)22-12-11-14-5-3-2-4-6-14/h2-10,17H,11-13,19H2,1H3/t17-/m1/s1. The van der Waals surface area contributed by atoms with Gasteiger partial charge in [0.15, 0.2) is 0 Å². The van der Waals surface area contributed by atoms with E-state index in [-0.39, 0.29) is 0 Å². The van der Waals surface area contributed by atoms with Gasteiger partial charge in [-0.15, -0.1) is 0 Å². The van der Waals surface area contributed by atoms with Gasteiger partial charge in [0.1, 0.15) is 11.8 Å². The van der Waals surface area contributed by atoms with Crippen LogP contribution < -0.4 is 10.5 Å². The molecule has 4 nitrogen and oxygen atoms in total. The molecule has 0 fully saturated rings. The molecule has 2 aromatic carbocycles. The molecule has 2 aromatic rings. The van der Waals surface area contributed by atoms with Crippen LogP contribution in [0.5, 0.6) is 5.75 Å². The molecule has 0 aliphatic heterocycles. The lowest BCUT2D eigenvalue weighted by atomic mass is 10.1.